The van der Waals surface area contributed by atoms with Crippen LogP contribution in [0.1, 0.15) is 100 Å². The maximum Gasteiger partial charge on any atom is 0.348 e. The number of allylic oxidation sites excluding steroid dienone is 1. The third kappa shape index (κ3) is 11.2. The van der Waals surface area contributed by atoms with Crippen LogP contribution in [0.4, 0.5) is 0 Å². The molecule has 1 aromatic rings. The molecule has 2 saturated heterocycles. The Bertz CT molecular complexity index is 1750. The standard InChI is InChI=1S/C44H63NO15/c1-12-26(4)22-27(5)18-19-32(47)58-35-34(48)42(21-20-28(6)33(57-30(8)46)29(7)23-31-16-14-13-15-17-31)59-36(37(49)45-25(2)3)43(54,44(35,60-42)38(50)51)40(53)56-24-55-39(52)41(9,10)11/h13-19,25-27,29,33-36,48,54H,6,12,20-24H2,1-5,7-11H3,(H,45,49)(H,50,51)/b19-18+/t26-,27+,29+,33+,34+,35+,36?,42?,43?,44?/m0/s1. The van der Waals surface area contributed by atoms with Crippen molar-refractivity contribution in [3.05, 3.63) is 60.2 Å². The third-order valence-corrected chi connectivity index (χ3v) is 10.7. The van der Waals surface area contributed by atoms with Crippen molar-refractivity contribution >= 4 is 35.8 Å². The van der Waals surface area contributed by atoms with Gasteiger partial charge in [-0.05, 0) is 76.9 Å². The first-order valence-electron chi connectivity index (χ1n) is 20.3. The summed E-state index contributed by atoms with van der Waals surface area (Å²) in [5.41, 5.74) is -7.04. The zero-order valence-corrected chi connectivity index (χ0v) is 36.4. The molecule has 1 aromatic carbocycles. The second-order valence-electron chi connectivity index (χ2n) is 17.4. The predicted molar refractivity (Wildman–Crippen MR) is 215 cm³/mol. The van der Waals surface area contributed by atoms with Gasteiger partial charge in [0.1, 0.15) is 12.2 Å². The first kappa shape index (κ1) is 49.7. The van der Waals surface area contributed by atoms with Gasteiger partial charge in [-0.3, -0.25) is 14.4 Å². The van der Waals surface area contributed by atoms with Crippen molar-refractivity contribution in [3.63, 3.8) is 0 Å². The molecule has 4 unspecified atom stereocenters. The van der Waals surface area contributed by atoms with Crippen molar-refractivity contribution in [2.75, 3.05) is 6.79 Å². The Morgan fingerprint density at radius 1 is 1.02 bits per heavy atom. The molecule has 2 heterocycles. The molecule has 0 spiro atoms. The number of carboxylic acid groups (broad SMARTS) is 1. The lowest BCUT2D eigenvalue weighted by Gasteiger charge is -2.50. The summed E-state index contributed by atoms with van der Waals surface area (Å²) < 4.78 is 33.6. The highest BCUT2D eigenvalue weighted by molar-refractivity contribution is 6.00. The fraction of sp³-hybridized carbons (Fsp3) is 0.636. The number of carbonyl (C=O) groups excluding carboxylic acids is 5. The van der Waals surface area contributed by atoms with Gasteiger partial charge in [0, 0.05) is 31.4 Å². The van der Waals surface area contributed by atoms with Gasteiger partial charge in [-0.1, -0.05) is 77.1 Å². The summed E-state index contributed by atoms with van der Waals surface area (Å²) in [4.78, 5) is 80.2. The normalized spacial score (nSPS) is 27.0. The molecule has 2 fully saturated rings. The Morgan fingerprint density at radius 2 is 1.65 bits per heavy atom. The van der Waals surface area contributed by atoms with E-state index in [0.717, 1.165) is 18.1 Å². The van der Waals surface area contributed by atoms with Crippen LogP contribution in [0.15, 0.2) is 54.6 Å². The molecule has 0 aliphatic carbocycles. The van der Waals surface area contributed by atoms with Crippen LogP contribution in [-0.4, -0.2) is 105 Å². The molecule has 2 bridgehead atoms. The average Bonchev–Trinajstić information content (AvgIpc) is 3.37. The van der Waals surface area contributed by atoms with Crippen molar-refractivity contribution in [1.29, 1.82) is 0 Å². The van der Waals surface area contributed by atoms with Crippen molar-refractivity contribution in [3.8, 4) is 0 Å². The molecule has 16 nitrogen and oxygen atoms in total. The monoisotopic (exact) mass is 845 g/mol. The maximum absolute atomic E-state index is 14.2. The molecule has 2 aliphatic rings. The second-order valence-corrected chi connectivity index (χ2v) is 17.4. The summed E-state index contributed by atoms with van der Waals surface area (Å²) in [6.07, 6.45) is -4.27. The van der Waals surface area contributed by atoms with Crippen molar-refractivity contribution in [1.82, 2.24) is 5.32 Å². The van der Waals surface area contributed by atoms with Crippen LogP contribution >= 0.6 is 0 Å². The Morgan fingerprint density at radius 3 is 2.20 bits per heavy atom. The number of fused-ring (bicyclic) bond motifs is 2. The summed E-state index contributed by atoms with van der Waals surface area (Å²) in [6, 6.07) is 8.72. The number of rotatable bonds is 20. The molecular formula is C44H63NO15. The predicted octanol–water partition coefficient (Wildman–Crippen LogP) is 4.33. The second kappa shape index (κ2) is 20.3. The molecule has 10 atom stereocenters. The molecular weight excluding hydrogens is 782 g/mol. The Hall–Kier alpha value is -4.64. The summed E-state index contributed by atoms with van der Waals surface area (Å²) in [5, 5.41) is 38.3. The van der Waals surface area contributed by atoms with Gasteiger partial charge in [0.15, 0.2) is 12.2 Å². The fourth-order valence-electron chi connectivity index (χ4n) is 7.41. The number of hydrogen-bond acceptors (Lipinski definition) is 14. The molecule has 2 aliphatic heterocycles. The zero-order chi connectivity index (χ0) is 45.4. The number of benzene rings is 1. The van der Waals surface area contributed by atoms with E-state index in [1.165, 1.54) is 33.8 Å². The van der Waals surface area contributed by atoms with Crippen molar-refractivity contribution < 1.29 is 72.5 Å². The van der Waals surface area contributed by atoms with Crippen LogP contribution in [0.5, 0.6) is 0 Å². The largest absolute Gasteiger partial charge is 0.479 e. The van der Waals surface area contributed by atoms with Gasteiger partial charge in [0.2, 0.25) is 23.8 Å². The Labute approximate surface area is 351 Å². The lowest BCUT2D eigenvalue weighted by Crippen LogP contribution is -2.79. The van der Waals surface area contributed by atoms with Gasteiger partial charge in [-0.2, -0.15) is 0 Å². The number of carbonyl (C=O) groups is 6. The van der Waals surface area contributed by atoms with E-state index in [4.69, 9.17) is 28.4 Å². The number of hydrogen-bond donors (Lipinski definition) is 4. The van der Waals surface area contributed by atoms with Gasteiger partial charge in [0.05, 0.1) is 5.41 Å². The van der Waals surface area contributed by atoms with Gasteiger partial charge in [0.25, 0.3) is 5.91 Å². The number of aliphatic carboxylic acids is 1. The number of ether oxygens (including phenoxy) is 6. The van der Waals surface area contributed by atoms with E-state index in [1.54, 1.807) is 13.8 Å². The number of nitrogens with one attached hydrogen (secondary N) is 1. The van der Waals surface area contributed by atoms with Crippen molar-refractivity contribution in [2.24, 2.45) is 23.2 Å². The molecule has 1 amide bonds. The zero-order valence-electron chi connectivity index (χ0n) is 36.4. The first-order chi connectivity index (χ1) is 27.9. The third-order valence-electron chi connectivity index (χ3n) is 10.7. The summed E-state index contributed by atoms with van der Waals surface area (Å²) >= 11 is 0. The lowest BCUT2D eigenvalue weighted by atomic mass is 9.74. The minimum absolute atomic E-state index is 0.133. The van der Waals surface area contributed by atoms with Crippen LogP contribution in [0.2, 0.25) is 0 Å². The molecule has 0 saturated carbocycles. The van der Waals surface area contributed by atoms with E-state index in [9.17, 15) is 44.1 Å². The highest BCUT2D eigenvalue weighted by atomic mass is 16.8. The number of esters is 4. The van der Waals surface area contributed by atoms with E-state index in [2.05, 4.69) is 11.9 Å². The number of carboxylic acids is 1. The molecule has 334 valence electrons. The van der Waals surface area contributed by atoms with Gasteiger partial charge in [-0.25, -0.2) is 14.4 Å². The molecule has 60 heavy (non-hydrogen) atoms. The number of aliphatic hydroxyl groups excluding tert-OH is 1. The fourth-order valence-corrected chi connectivity index (χ4v) is 7.41. The molecule has 4 N–H and O–H groups in total. The van der Waals surface area contributed by atoms with Crippen molar-refractivity contribution in [2.45, 2.75) is 149 Å². The highest BCUT2D eigenvalue weighted by Gasteiger charge is 2.86. The van der Waals surface area contributed by atoms with E-state index < -0.39 is 102 Å². The van der Waals surface area contributed by atoms with E-state index >= 15 is 0 Å². The smallest absolute Gasteiger partial charge is 0.348 e. The number of amides is 1. The quantitative estimate of drug-likeness (QED) is 0.0471. The van der Waals surface area contributed by atoms with Gasteiger partial charge >= 0.3 is 29.8 Å². The topological polar surface area (TPSA) is 231 Å². The van der Waals surface area contributed by atoms with Crippen LogP contribution in [0.3, 0.4) is 0 Å². The lowest BCUT2D eigenvalue weighted by molar-refractivity contribution is -0.373. The summed E-state index contributed by atoms with van der Waals surface area (Å²) in [5.74, 6) is -10.6. The average molecular weight is 846 g/mol. The molecule has 3 rings (SSSR count). The Balaban J connectivity index is 2.17. The van der Waals surface area contributed by atoms with Gasteiger partial charge in [-0.15, -0.1) is 0 Å². The van der Waals surface area contributed by atoms with Crippen LogP contribution < -0.4 is 5.32 Å². The van der Waals surface area contributed by atoms with E-state index in [-0.39, 0.29) is 23.8 Å². The molecule has 16 heteroatoms. The van der Waals surface area contributed by atoms with E-state index in [0.29, 0.717) is 18.8 Å². The van der Waals surface area contributed by atoms with Gasteiger partial charge < -0.3 is 49.1 Å². The van der Waals surface area contributed by atoms with Crippen LogP contribution in [0, 0.1) is 23.2 Å². The minimum atomic E-state index is -3.72. The number of aliphatic hydroxyl groups is 2. The molecule has 0 aromatic heterocycles. The van der Waals surface area contributed by atoms with Crippen LogP contribution in [-0.2, 0) is 63.6 Å². The maximum atomic E-state index is 14.2. The van der Waals surface area contributed by atoms with E-state index in [1.807, 2.05) is 58.0 Å². The first-order valence-corrected chi connectivity index (χ1v) is 20.3. The Kier molecular flexibility index (Phi) is 16.8. The highest BCUT2D eigenvalue weighted by Crippen LogP contribution is 2.56. The summed E-state index contributed by atoms with van der Waals surface area (Å²) in [7, 11) is 0. The van der Waals surface area contributed by atoms with Crippen LogP contribution in [0.25, 0.3) is 0 Å². The molecule has 0 radical (unpaired) electrons. The summed E-state index contributed by atoms with van der Waals surface area (Å²) in [6.45, 7) is 19.6. The minimum Gasteiger partial charge on any atom is -0.479 e. The SMILES string of the molecule is C=C(CCC12OC(C(=O)NC(C)C)C(O)(C(=O)OCOC(=O)C(C)(C)C)C(C(=O)O)(O1)[C@H](OC(=O)/C=C/[C@@H](C)C[C@@H](C)CC)[C@H]2O)[C@@H](OC(C)=O)[C@H](C)Cc1ccccc1.